The van der Waals surface area contributed by atoms with Crippen LogP contribution in [-0.2, 0) is 6.54 Å². The van der Waals surface area contributed by atoms with Gasteiger partial charge in [-0.3, -0.25) is 0 Å². The normalized spacial score (nSPS) is 10.5. The molecule has 2 rings (SSSR count). The highest BCUT2D eigenvalue weighted by Gasteiger charge is 2.09. The number of nitrogen functional groups attached to an aromatic ring is 2. The summed E-state index contributed by atoms with van der Waals surface area (Å²) in [4.78, 5) is 0. The zero-order valence-corrected chi connectivity index (χ0v) is 10.5. The lowest BCUT2D eigenvalue weighted by Crippen LogP contribution is -2.06. The van der Waals surface area contributed by atoms with Gasteiger partial charge in [-0.1, -0.05) is 12.1 Å². The molecule has 0 bridgehead atoms. The Hall–Kier alpha value is -2.30. The second-order valence-corrected chi connectivity index (χ2v) is 4.38. The Balaban J connectivity index is 2.17. The zero-order chi connectivity index (χ0) is 14.0. The first kappa shape index (κ1) is 13.1. The van der Waals surface area contributed by atoms with Crippen LogP contribution in [0.2, 0.25) is 0 Å². The Morgan fingerprint density at radius 3 is 2.53 bits per heavy atom. The van der Waals surface area contributed by atoms with E-state index in [1.807, 2.05) is 0 Å². The molecule has 0 unspecified atom stereocenters. The van der Waals surface area contributed by atoms with Crippen LogP contribution in [0.4, 0.5) is 25.8 Å². The summed E-state index contributed by atoms with van der Waals surface area (Å²) in [7, 11) is 0. The average Bonchev–Trinajstić information content (AvgIpc) is 2.37. The minimum absolute atomic E-state index is 0.102. The van der Waals surface area contributed by atoms with Crippen LogP contribution in [0.1, 0.15) is 11.1 Å². The fourth-order valence-electron chi connectivity index (χ4n) is 1.73. The maximum Gasteiger partial charge on any atom is 0.171 e. The van der Waals surface area contributed by atoms with E-state index in [0.29, 0.717) is 5.56 Å². The Bertz CT molecular complexity index is 612. The number of aryl methyl sites for hydroxylation is 1. The molecule has 5 heteroatoms. The molecule has 0 heterocycles. The van der Waals surface area contributed by atoms with Crippen molar-refractivity contribution in [2.24, 2.45) is 0 Å². The molecule has 0 spiro atoms. The number of hydrogen-bond donors (Lipinski definition) is 3. The Labute approximate surface area is 110 Å². The number of hydrogen-bond acceptors (Lipinski definition) is 3. The summed E-state index contributed by atoms with van der Waals surface area (Å²) in [5.41, 5.74) is 12.6. The molecule has 5 N–H and O–H groups in total. The molecule has 0 aliphatic rings. The zero-order valence-electron chi connectivity index (χ0n) is 10.5. The van der Waals surface area contributed by atoms with Crippen LogP contribution in [0.3, 0.4) is 0 Å². The topological polar surface area (TPSA) is 64.1 Å². The summed E-state index contributed by atoms with van der Waals surface area (Å²) >= 11 is 0. The van der Waals surface area contributed by atoms with Gasteiger partial charge in [0.05, 0.1) is 17.1 Å². The Morgan fingerprint density at radius 2 is 1.84 bits per heavy atom. The predicted molar refractivity (Wildman–Crippen MR) is 73.7 cm³/mol. The molecule has 19 heavy (non-hydrogen) atoms. The molecule has 0 fully saturated rings. The summed E-state index contributed by atoms with van der Waals surface area (Å²) < 4.78 is 27.4. The van der Waals surface area contributed by atoms with Crippen molar-refractivity contribution < 1.29 is 8.78 Å². The minimum atomic E-state index is -0.618. The monoisotopic (exact) mass is 263 g/mol. The van der Waals surface area contributed by atoms with Gasteiger partial charge in [0.2, 0.25) is 0 Å². The second kappa shape index (κ2) is 5.14. The molecule has 0 saturated carbocycles. The van der Waals surface area contributed by atoms with Crippen molar-refractivity contribution >= 4 is 17.1 Å². The third-order valence-electron chi connectivity index (χ3n) is 2.89. The van der Waals surface area contributed by atoms with Gasteiger partial charge in [0, 0.05) is 12.1 Å². The highest BCUT2D eigenvalue weighted by atomic mass is 19.1. The van der Waals surface area contributed by atoms with Gasteiger partial charge in [-0.05, 0) is 30.7 Å². The standard InChI is InChI=1S/C14H15F2N3/c1-8-2-3-9(10(15)6-8)7-19-12-5-4-11(17)14(18)13(12)16/h2-6,19H,7,17-18H2,1H3. The summed E-state index contributed by atoms with van der Waals surface area (Å²) in [6.07, 6.45) is 0. The third-order valence-corrected chi connectivity index (χ3v) is 2.89. The van der Waals surface area contributed by atoms with Crippen molar-refractivity contribution in [3.8, 4) is 0 Å². The smallest absolute Gasteiger partial charge is 0.171 e. The molecule has 0 aliphatic carbocycles. The number of halogens is 2. The summed E-state index contributed by atoms with van der Waals surface area (Å²) in [6, 6.07) is 7.88. The summed E-state index contributed by atoms with van der Waals surface area (Å²) in [6.45, 7) is 1.98. The first-order valence-corrected chi connectivity index (χ1v) is 5.81. The van der Waals surface area contributed by atoms with Crippen LogP contribution in [0.15, 0.2) is 30.3 Å². The number of nitrogens with one attached hydrogen (secondary N) is 1. The fourth-order valence-corrected chi connectivity index (χ4v) is 1.73. The van der Waals surface area contributed by atoms with Gasteiger partial charge in [-0.2, -0.15) is 0 Å². The highest BCUT2D eigenvalue weighted by molar-refractivity contribution is 5.70. The number of benzene rings is 2. The molecule has 2 aromatic carbocycles. The number of rotatable bonds is 3. The molecule has 0 radical (unpaired) electrons. The van der Waals surface area contributed by atoms with E-state index in [2.05, 4.69) is 5.32 Å². The van der Waals surface area contributed by atoms with Gasteiger partial charge in [0.1, 0.15) is 5.82 Å². The number of anilines is 3. The molecule has 2 aromatic rings. The lowest BCUT2D eigenvalue weighted by atomic mass is 10.1. The van der Waals surface area contributed by atoms with Crippen LogP contribution in [0, 0.1) is 18.6 Å². The van der Waals surface area contributed by atoms with E-state index < -0.39 is 5.82 Å². The lowest BCUT2D eigenvalue weighted by Gasteiger charge is -2.11. The van der Waals surface area contributed by atoms with Gasteiger partial charge in [-0.15, -0.1) is 0 Å². The van der Waals surface area contributed by atoms with Gasteiger partial charge in [0.25, 0.3) is 0 Å². The maximum absolute atomic E-state index is 13.8. The Kier molecular flexibility index (Phi) is 3.55. The average molecular weight is 263 g/mol. The van der Waals surface area contributed by atoms with E-state index >= 15 is 0 Å². The summed E-state index contributed by atoms with van der Waals surface area (Å²) in [5.74, 6) is -0.941. The van der Waals surface area contributed by atoms with Crippen molar-refractivity contribution in [3.05, 3.63) is 53.1 Å². The van der Waals surface area contributed by atoms with Crippen LogP contribution in [0.5, 0.6) is 0 Å². The quantitative estimate of drug-likeness (QED) is 0.746. The third kappa shape index (κ3) is 2.76. The van der Waals surface area contributed by atoms with E-state index in [9.17, 15) is 8.78 Å². The predicted octanol–water partition coefficient (Wildman–Crippen LogP) is 3.05. The van der Waals surface area contributed by atoms with Crippen molar-refractivity contribution in [1.29, 1.82) is 0 Å². The van der Waals surface area contributed by atoms with Gasteiger partial charge >= 0.3 is 0 Å². The first-order chi connectivity index (χ1) is 8.99. The largest absolute Gasteiger partial charge is 0.397 e. The molecule has 0 atom stereocenters. The van der Waals surface area contributed by atoms with E-state index in [1.165, 1.54) is 18.2 Å². The molecular weight excluding hydrogens is 248 g/mol. The molecule has 100 valence electrons. The van der Waals surface area contributed by atoms with Crippen molar-refractivity contribution in [1.82, 2.24) is 0 Å². The minimum Gasteiger partial charge on any atom is -0.397 e. The molecule has 3 nitrogen and oxygen atoms in total. The van der Waals surface area contributed by atoms with Crippen molar-refractivity contribution in [2.45, 2.75) is 13.5 Å². The van der Waals surface area contributed by atoms with Crippen LogP contribution >= 0.6 is 0 Å². The van der Waals surface area contributed by atoms with Gasteiger partial charge in [0.15, 0.2) is 5.82 Å². The van der Waals surface area contributed by atoms with Crippen molar-refractivity contribution in [2.75, 3.05) is 16.8 Å². The second-order valence-electron chi connectivity index (χ2n) is 4.38. The van der Waals surface area contributed by atoms with Gasteiger partial charge < -0.3 is 16.8 Å². The van der Waals surface area contributed by atoms with E-state index in [4.69, 9.17) is 11.5 Å². The summed E-state index contributed by atoms with van der Waals surface area (Å²) in [5, 5.41) is 2.81. The van der Waals surface area contributed by atoms with Gasteiger partial charge in [-0.25, -0.2) is 8.78 Å². The van der Waals surface area contributed by atoms with Crippen LogP contribution in [-0.4, -0.2) is 0 Å². The molecule has 0 aliphatic heterocycles. The molecule has 0 saturated heterocycles. The molecule has 0 amide bonds. The molecular formula is C14H15F2N3. The van der Waals surface area contributed by atoms with Crippen LogP contribution < -0.4 is 16.8 Å². The molecule has 0 aromatic heterocycles. The van der Waals surface area contributed by atoms with E-state index in [-0.39, 0.29) is 29.4 Å². The lowest BCUT2D eigenvalue weighted by molar-refractivity contribution is 0.610. The van der Waals surface area contributed by atoms with Crippen LogP contribution in [0.25, 0.3) is 0 Å². The maximum atomic E-state index is 13.8. The Morgan fingerprint density at radius 1 is 1.11 bits per heavy atom. The SMILES string of the molecule is Cc1ccc(CNc2ccc(N)c(N)c2F)c(F)c1. The first-order valence-electron chi connectivity index (χ1n) is 5.81. The number of nitrogens with two attached hydrogens (primary N) is 2. The van der Waals surface area contributed by atoms with E-state index in [0.717, 1.165) is 5.56 Å². The van der Waals surface area contributed by atoms with Crippen molar-refractivity contribution in [3.63, 3.8) is 0 Å². The van der Waals surface area contributed by atoms with E-state index in [1.54, 1.807) is 19.1 Å². The fraction of sp³-hybridized carbons (Fsp3) is 0.143. The highest BCUT2D eigenvalue weighted by Crippen LogP contribution is 2.26.